The molecular weight excluding hydrogens is 428 g/mol. The number of ether oxygens (including phenoxy) is 4. The van der Waals surface area contributed by atoms with Crippen molar-refractivity contribution >= 4 is 5.78 Å². The largest absolute Gasteiger partial charge is 0.353 e. The maximum absolute atomic E-state index is 12.3. The van der Waals surface area contributed by atoms with Gasteiger partial charge < -0.3 is 18.9 Å². The van der Waals surface area contributed by atoms with Gasteiger partial charge >= 0.3 is 0 Å². The summed E-state index contributed by atoms with van der Waals surface area (Å²) in [6.07, 6.45) is 14.7. The summed E-state index contributed by atoms with van der Waals surface area (Å²) in [4.78, 5) is 12.3. The first-order chi connectivity index (χ1) is 16.5. The van der Waals surface area contributed by atoms with Crippen LogP contribution in [0.2, 0.25) is 0 Å². The van der Waals surface area contributed by atoms with Crippen LogP contribution in [-0.4, -0.2) is 43.8 Å². The van der Waals surface area contributed by atoms with E-state index in [0.29, 0.717) is 30.5 Å². The lowest BCUT2D eigenvalue weighted by molar-refractivity contribution is -0.197. The summed E-state index contributed by atoms with van der Waals surface area (Å²) in [5.41, 5.74) is -0.147. The predicted molar refractivity (Wildman–Crippen MR) is 132 cm³/mol. The van der Waals surface area contributed by atoms with Crippen LogP contribution in [0.25, 0.3) is 0 Å². The number of carbonyl (C=O) groups is 1. The van der Waals surface area contributed by atoms with Crippen molar-refractivity contribution in [3.05, 3.63) is 12.2 Å². The van der Waals surface area contributed by atoms with Crippen LogP contribution in [0.5, 0.6) is 0 Å². The number of carbonyl (C=O) groups excluding carboxylic acids is 1. The second kappa shape index (κ2) is 12.2. The van der Waals surface area contributed by atoms with Gasteiger partial charge in [0, 0.05) is 50.2 Å². The Morgan fingerprint density at radius 3 is 2.47 bits per heavy atom. The van der Waals surface area contributed by atoms with Gasteiger partial charge in [0.1, 0.15) is 5.78 Å². The summed E-state index contributed by atoms with van der Waals surface area (Å²) in [7, 11) is 0. The Hall–Kier alpha value is -1.19. The van der Waals surface area contributed by atoms with Crippen molar-refractivity contribution in [3.8, 4) is 11.8 Å². The van der Waals surface area contributed by atoms with Gasteiger partial charge in [-0.05, 0) is 56.8 Å². The molecule has 34 heavy (non-hydrogen) atoms. The van der Waals surface area contributed by atoms with Gasteiger partial charge in [-0.1, -0.05) is 32.9 Å². The number of Topliss-reactive ketones (excluding diaryl/α,β-unsaturated/α-hetero) is 1. The molecule has 0 aromatic heterocycles. The van der Waals surface area contributed by atoms with E-state index in [0.717, 1.165) is 71.0 Å². The normalized spacial score (nSPS) is 35.2. The molecule has 0 N–H and O–H groups in total. The molecule has 0 aromatic carbocycles. The molecule has 2 aliphatic carbocycles. The van der Waals surface area contributed by atoms with Gasteiger partial charge in [0.05, 0.1) is 12.2 Å². The zero-order chi connectivity index (χ0) is 24.0. The molecule has 4 aliphatic rings. The fourth-order valence-electron chi connectivity index (χ4n) is 6.04. The van der Waals surface area contributed by atoms with Crippen LogP contribution in [0.15, 0.2) is 12.2 Å². The highest BCUT2D eigenvalue weighted by Crippen LogP contribution is 2.49. The molecule has 2 aliphatic heterocycles. The molecule has 2 heterocycles. The summed E-state index contributed by atoms with van der Waals surface area (Å²) in [6, 6.07) is 0. The smallest absolute Gasteiger partial charge is 0.158 e. The van der Waals surface area contributed by atoms with E-state index in [4.69, 9.17) is 18.9 Å². The molecule has 0 radical (unpaired) electrons. The second-order valence-electron chi connectivity index (χ2n) is 11.3. The molecule has 1 unspecified atom stereocenters. The number of hydrogen-bond donors (Lipinski definition) is 0. The van der Waals surface area contributed by atoms with Crippen LogP contribution in [-0.2, 0) is 23.7 Å². The topological polar surface area (TPSA) is 54.0 Å². The Kier molecular flexibility index (Phi) is 9.27. The lowest BCUT2D eigenvalue weighted by Crippen LogP contribution is -2.36. The number of fused-ring (bicyclic) bond motifs is 1. The molecule has 0 aromatic rings. The molecular formula is C29H44O5. The molecule has 2 saturated carbocycles. The van der Waals surface area contributed by atoms with Crippen molar-refractivity contribution in [2.24, 2.45) is 23.2 Å². The predicted octanol–water partition coefficient (Wildman–Crippen LogP) is 5.81. The minimum Gasteiger partial charge on any atom is -0.353 e. The van der Waals surface area contributed by atoms with Crippen molar-refractivity contribution in [3.63, 3.8) is 0 Å². The van der Waals surface area contributed by atoms with E-state index in [9.17, 15) is 4.79 Å². The molecule has 190 valence electrons. The van der Waals surface area contributed by atoms with E-state index in [2.05, 4.69) is 44.8 Å². The summed E-state index contributed by atoms with van der Waals surface area (Å²) < 4.78 is 24.9. The van der Waals surface area contributed by atoms with Crippen molar-refractivity contribution in [1.29, 1.82) is 0 Å². The third-order valence-electron chi connectivity index (χ3n) is 8.04. The van der Waals surface area contributed by atoms with Crippen LogP contribution in [0.3, 0.4) is 0 Å². The van der Waals surface area contributed by atoms with E-state index in [1.54, 1.807) is 0 Å². The molecule has 0 amide bonds. The van der Waals surface area contributed by atoms with E-state index in [1.807, 2.05) is 0 Å². The van der Waals surface area contributed by atoms with Crippen molar-refractivity contribution in [1.82, 2.24) is 0 Å². The van der Waals surface area contributed by atoms with Crippen molar-refractivity contribution < 1.29 is 23.7 Å². The molecule has 0 spiro atoms. The van der Waals surface area contributed by atoms with Crippen LogP contribution in [0.4, 0.5) is 0 Å². The van der Waals surface area contributed by atoms with E-state index in [1.165, 1.54) is 0 Å². The minimum atomic E-state index is -0.158. The summed E-state index contributed by atoms with van der Waals surface area (Å²) >= 11 is 0. The third kappa shape index (κ3) is 6.72. The Morgan fingerprint density at radius 2 is 1.79 bits per heavy atom. The van der Waals surface area contributed by atoms with Gasteiger partial charge in [0.25, 0.3) is 0 Å². The van der Waals surface area contributed by atoms with E-state index < -0.39 is 0 Å². The highest BCUT2D eigenvalue weighted by Gasteiger charge is 2.48. The second-order valence-corrected chi connectivity index (χ2v) is 11.3. The molecule has 5 nitrogen and oxygen atoms in total. The van der Waals surface area contributed by atoms with Gasteiger partial charge in [0.2, 0.25) is 0 Å². The molecule has 4 rings (SSSR count). The monoisotopic (exact) mass is 472 g/mol. The Bertz CT molecular complexity index is 750. The molecule has 4 fully saturated rings. The first-order valence-electron chi connectivity index (χ1n) is 13.7. The fourth-order valence-corrected chi connectivity index (χ4v) is 6.04. The van der Waals surface area contributed by atoms with Crippen LogP contribution in [0, 0.1) is 35.0 Å². The Morgan fingerprint density at radius 1 is 1.06 bits per heavy atom. The van der Waals surface area contributed by atoms with Crippen LogP contribution < -0.4 is 0 Å². The lowest BCUT2D eigenvalue weighted by Gasteiger charge is -2.35. The average Bonchev–Trinajstić information content (AvgIpc) is 3.33. The van der Waals surface area contributed by atoms with Gasteiger partial charge in [-0.25, -0.2) is 0 Å². The highest BCUT2D eigenvalue weighted by atomic mass is 16.7. The number of ketones is 1. The fraction of sp³-hybridized carbons (Fsp3) is 0.828. The summed E-state index contributed by atoms with van der Waals surface area (Å²) in [6.45, 7) is 8.10. The standard InChI is InChI=1S/C29H44O5/c1-4-5-8-15-29(2,3)26(34-28-12-7-10-17-32-28)14-13-23-24-20-22(30)18-21(24)19-25(23)33-27-11-6-9-16-31-27/h13-14,21,23-28H,4,6-7,9-12,15-20H2,1-3H3/b14-13+/t21-,23+,24-,25+,26+,27?,28+/m0/s1. The van der Waals surface area contributed by atoms with Gasteiger partial charge in [-0.15, -0.1) is 11.8 Å². The van der Waals surface area contributed by atoms with Gasteiger partial charge in [-0.2, -0.15) is 0 Å². The highest BCUT2D eigenvalue weighted by molar-refractivity contribution is 5.81. The Labute approximate surface area is 206 Å². The number of hydrogen-bond acceptors (Lipinski definition) is 5. The van der Waals surface area contributed by atoms with Crippen molar-refractivity contribution in [2.45, 2.75) is 116 Å². The summed E-state index contributed by atoms with van der Waals surface area (Å²) in [5.74, 6) is 7.97. The molecule has 7 atom stereocenters. The lowest BCUT2D eigenvalue weighted by atomic mass is 9.81. The molecule has 5 heteroatoms. The van der Waals surface area contributed by atoms with Crippen LogP contribution >= 0.6 is 0 Å². The van der Waals surface area contributed by atoms with Crippen LogP contribution in [0.1, 0.15) is 91.4 Å². The zero-order valence-electron chi connectivity index (χ0n) is 21.4. The molecule has 2 saturated heterocycles. The first kappa shape index (κ1) is 25.9. The number of rotatable bonds is 8. The SMILES string of the molecule is CCC#CCC(C)(C)[C@@H](/C=C/[C@@H]1[C@H]2CC(=O)C[C@H]2C[C@H]1OC1CCCCO1)O[C@@H]1CCCCO1. The Balaban J connectivity index is 1.51. The minimum absolute atomic E-state index is 0.104. The quantitative estimate of drug-likeness (QED) is 0.330. The van der Waals surface area contributed by atoms with E-state index >= 15 is 0 Å². The van der Waals surface area contributed by atoms with Gasteiger partial charge in [-0.3, -0.25) is 4.79 Å². The third-order valence-corrected chi connectivity index (χ3v) is 8.04. The maximum Gasteiger partial charge on any atom is 0.158 e. The van der Waals surface area contributed by atoms with E-state index in [-0.39, 0.29) is 36.1 Å². The maximum atomic E-state index is 12.3. The molecule has 0 bridgehead atoms. The van der Waals surface area contributed by atoms with Gasteiger partial charge in [0.15, 0.2) is 12.6 Å². The van der Waals surface area contributed by atoms with Crippen molar-refractivity contribution in [2.75, 3.05) is 13.2 Å². The average molecular weight is 473 g/mol. The zero-order valence-corrected chi connectivity index (χ0v) is 21.4. The first-order valence-corrected chi connectivity index (χ1v) is 13.7. The summed E-state index contributed by atoms with van der Waals surface area (Å²) in [5, 5.41) is 0.